The molecule has 0 saturated heterocycles. The average Bonchev–Trinajstić information content (AvgIpc) is 2.83. The zero-order valence-corrected chi connectivity index (χ0v) is 13.1. The molecule has 2 rings (SSSR count). The highest BCUT2D eigenvalue weighted by molar-refractivity contribution is 5.95. The van der Waals surface area contributed by atoms with E-state index in [1.54, 1.807) is 6.20 Å². The fourth-order valence-corrected chi connectivity index (χ4v) is 2.40. The molecule has 0 saturated carbocycles. The highest BCUT2D eigenvalue weighted by atomic mass is 16.1. The van der Waals surface area contributed by atoms with Gasteiger partial charge in [-0.15, -0.1) is 0 Å². The van der Waals surface area contributed by atoms with Gasteiger partial charge in [0.2, 0.25) is 0 Å². The third-order valence-electron chi connectivity index (χ3n) is 3.27. The molecule has 1 amide bonds. The summed E-state index contributed by atoms with van der Waals surface area (Å²) in [6, 6.07) is 10.3. The third-order valence-corrected chi connectivity index (χ3v) is 3.27. The maximum Gasteiger partial charge on any atom is 0.254 e. The second-order valence-electron chi connectivity index (χ2n) is 5.87. The van der Waals surface area contributed by atoms with Gasteiger partial charge in [0.1, 0.15) is 0 Å². The molecule has 2 aromatic rings. The van der Waals surface area contributed by atoms with Crippen molar-refractivity contribution < 1.29 is 4.79 Å². The van der Waals surface area contributed by atoms with Gasteiger partial charge in [-0.05, 0) is 25.3 Å². The second-order valence-corrected chi connectivity index (χ2v) is 5.87. The van der Waals surface area contributed by atoms with Crippen molar-refractivity contribution in [3.63, 3.8) is 0 Å². The number of nitrogens with one attached hydrogen (secondary N) is 1. The van der Waals surface area contributed by atoms with Crippen LogP contribution in [-0.2, 0) is 6.54 Å². The van der Waals surface area contributed by atoms with Gasteiger partial charge in [-0.3, -0.25) is 9.48 Å². The lowest BCUT2D eigenvalue weighted by molar-refractivity contribution is 0.0941. The first-order valence-electron chi connectivity index (χ1n) is 7.39. The van der Waals surface area contributed by atoms with Crippen LogP contribution in [0.1, 0.15) is 55.2 Å². The summed E-state index contributed by atoms with van der Waals surface area (Å²) >= 11 is 0. The van der Waals surface area contributed by atoms with Crippen molar-refractivity contribution in [2.75, 3.05) is 0 Å². The number of carbonyl (C=O) groups is 1. The van der Waals surface area contributed by atoms with Crippen LogP contribution in [0.3, 0.4) is 0 Å². The van der Waals surface area contributed by atoms with E-state index in [2.05, 4.69) is 36.4 Å². The highest BCUT2D eigenvalue weighted by Gasteiger charge is 2.20. The summed E-state index contributed by atoms with van der Waals surface area (Å²) in [5.74, 6) is 0.192. The summed E-state index contributed by atoms with van der Waals surface area (Å²) in [5, 5.41) is 7.36. The number of hydrogen-bond donors (Lipinski definition) is 1. The minimum absolute atomic E-state index is 0.0481. The predicted molar refractivity (Wildman–Crippen MR) is 84.5 cm³/mol. The average molecular weight is 285 g/mol. The molecule has 21 heavy (non-hydrogen) atoms. The normalized spacial score (nSPS) is 11.1. The van der Waals surface area contributed by atoms with Crippen LogP contribution in [0.25, 0.3) is 0 Å². The monoisotopic (exact) mass is 285 g/mol. The number of nitrogens with zero attached hydrogens (tertiary/aromatic N) is 2. The van der Waals surface area contributed by atoms with Crippen LogP contribution >= 0.6 is 0 Å². The van der Waals surface area contributed by atoms with E-state index in [1.807, 2.05) is 36.7 Å². The molecule has 4 nitrogen and oxygen atoms in total. The summed E-state index contributed by atoms with van der Waals surface area (Å²) in [6.07, 6.45) is 1.68. The molecule has 0 aliphatic heterocycles. The van der Waals surface area contributed by atoms with Gasteiger partial charge < -0.3 is 5.32 Å². The Morgan fingerprint density at radius 2 is 1.86 bits per heavy atom. The molecule has 1 heterocycles. The maximum absolute atomic E-state index is 12.3. The van der Waals surface area contributed by atoms with Crippen molar-refractivity contribution in [2.45, 2.75) is 46.2 Å². The van der Waals surface area contributed by atoms with Gasteiger partial charge in [0.25, 0.3) is 5.91 Å². The first kappa shape index (κ1) is 15.3. The number of benzene rings is 1. The molecule has 0 unspecified atom stereocenters. The van der Waals surface area contributed by atoms with Crippen LogP contribution in [0.15, 0.2) is 36.5 Å². The van der Waals surface area contributed by atoms with E-state index < -0.39 is 0 Å². The molecule has 0 bridgehead atoms. The smallest absolute Gasteiger partial charge is 0.254 e. The van der Waals surface area contributed by atoms with Crippen LogP contribution in [0, 0.1) is 0 Å². The van der Waals surface area contributed by atoms with Gasteiger partial charge in [-0.2, -0.15) is 5.10 Å². The molecular weight excluding hydrogens is 262 g/mol. The molecule has 1 aromatic carbocycles. The fourth-order valence-electron chi connectivity index (χ4n) is 2.40. The summed E-state index contributed by atoms with van der Waals surface area (Å²) in [4.78, 5) is 12.3. The summed E-state index contributed by atoms with van der Waals surface area (Å²) in [6.45, 7) is 8.78. The van der Waals surface area contributed by atoms with Crippen LogP contribution in [0.4, 0.5) is 0 Å². The van der Waals surface area contributed by atoms with Crippen molar-refractivity contribution in [3.05, 3.63) is 53.3 Å². The largest absolute Gasteiger partial charge is 0.350 e. The standard InChI is InChI=1S/C17H23N3O/c1-12(2)16-15(17(21)19-13(3)4)10-18-20(16)11-14-8-6-5-7-9-14/h5-10,12-13H,11H2,1-4H3,(H,19,21). The molecule has 0 aliphatic carbocycles. The van der Waals surface area contributed by atoms with E-state index in [9.17, 15) is 4.79 Å². The number of aromatic nitrogens is 2. The lowest BCUT2D eigenvalue weighted by Gasteiger charge is -2.14. The topological polar surface area (TPSA) is 46.9 Å². The van der Waals surface area contributed by atoms with Gasteiger partial charge in [-0.25, -0.2) is 0 Å². The lowest BCUT2D eigenvalue weighted by atomic mass is 10.0. The molecule has 1 N–H and O–H groups in total. The summed E-state index contributed by atoms with van der Waals surface area (Å²) in [7, 11) is 0. The quantitative estimate of drug-likeness (QED) is 0.917. The van der Waals surface area contributed by atoms with E-state index >= 15 is 0 Å². The lowest BCUT2D eigenvalue weighted by Crippen LogP contribution is -2.30. The first-order valence-corrected chi connectivity index (χ1v) is 7.39. The van der Waals surface area contributed by atoms with E-state index in [0.717, 1.165) is 5.69 Å². The summed E-state index contributed by atoms with van der Waals surface area (Å²) < 4.78 is 1.93. The van der Waals surface area contributed by atoms with Crippen LogP contribution < -0.4 is 5.32 Å². The predicted octanol–water partition coefficient (Wildman–Crippen LogP) is 3.19. The second kappa shape index (κ2) is 6.57. The zero-order chi connectivity index (χ0) is 15.4. The minimum atomic E-state index is -0.0481. The van der Waals surface area contributed by atoms with Gasteiger partial charge in [0, 0.05) is 6.04 Å². The van der Waals surface area contributed by atoms with Crippen molar-refractivity contribution in [1.82, 2.24) is 15.1 Å². The number of rotatable bonds is 5. The first-order chi connectivity index (χ1) is 9.99. The molecule has 0 spiro atoms. The molecule has 4 heteroatoms. The Labute approximate surface area is 126 Å². The van der Waals surface area contributed by atoms with Gasteiger partial charge in [0.15, 0.2) is 0 Å². The molecular formula is C17H23N3O. The third kappa shape index (κ3) is 3.72. The fraction of sp³-hybridized carbons (Fsp3) is 0.412. The molecule has 0 atom stereocenters. The Bertz CT molecular complexity index is 600. The number of carbonyl (C=O) groups excluding carboxylic acids is 1. The molecule has 0 aliphatic rings. The minimum Gasteiger partial charge on any atom is -0.350 e. The number of amides is 1. The zero-order valence-electron chi connectivity index (χ0n) is 13.1. The Morgan fingerprint density at radius 3 is 2.43 bits per heavy atom. The summed E-state index contributed by atoms with van der Waals surface area (Å²) in [5.41, 5.74) is 2.84. The van der Waals surface area contributed by atoms with E-state index in [0.29, 0.717) is 12.1 Å². The van der Waals surface area contributed by atoms with Crippen LogP contribution in [0.5, 0.6) is 0 Å². The number of hydrogen-bond acceptors (Lipinski definition) is 2. The van der Waals surface area contributed by atoms with E-state index in [1.165, 1.54) is 5.56 Å². The van der Waals surface area contributed by atoms with Crippen molar-refractivity contribution in [3.8, 4) is 0 Å². The Hall–Kier alpha value is -2.10. The van der Waals surface area contributed by atoms with Crippen molar-refractivity contribution in [1.29, 1.82) is 0 Å². The molecule has 1 aromatic heterocycles. The Kier molecular flexibility index (Phi) is 4.78. The van der Waals surface area contributed by atoms with Gasteiger partial charge in [-0.1, -0.05) is 44.2 Å². The van der Waals surface area contributed by atoms with Gasteiger partial charge in [0.05, 0.1) is 24.0 Å². The van der Waals surface area contributed by atoms with E-state index in [-0.39, 0.29) is 17.9 Å². The highest BCUT2D eigenvalue weighted by Crippen LogP contribution is 2.20. The SMILES string of the molecule is CC(C)NC(=O)c1cnn(Cc2ccccc2)c1C(C)C. The van der Waals surface area contributed by atoms with Crippen LogP contribution in [-0.4, -0.2) is 21.7 Å². The Balaban J connectivity index is 2.31. The molecule has 0 fully saturated rings. The Morgan fingerprint density at radius 1 is 1.19 bits per heavy atom. The van der Waals surface area contributed by atoms with Crippen LogP contribution in [0.2, 0.25) is 0 Å². The molecule has 112 valence electrons. The molecule has 0 radical (unpaired) electrons. The van der Waals surface area contributed by atoms with E-state index in [4.69, 9.17) is 0 Å². The van der Waals surface area contributed by atoms with Crippen molar-refractivity contribution >= 4 is 5.91 Å². The van der Waals surface area contributed by atoms with Gasteiger partial charge >= 0.3 is 0 Å². The maximum atomic E-state index is 12.3. The van der Waals surface area contributed by atoms with Crippen molar-refractivity contribution in [2.24, 2.45) is 0 Å².